The van der Waals surface area contributed by atoms with Gasteiger partial charge in [0.15, 0.2) is 11.5 Å². The predicted octanol–water partition coefficient (Wildman–Crippen LogP) is 3.46. The third kappa shape index (κ3) is 3.60. The largest absolute Gasteiger partial charge is 0.586 e. The smallest absolute Gasteiger partial charge is 0.477 e. The molecule has 0 saturated carbocycles. The van der Waals surface area contributed by atoms with Crippen molar-refractivity contribution in [2.45, 2.75) is 12.9 Å². The lowest BCUT2D eigenvalue weighted by atomic mass is 10.1. The van der Waals surface area contributed by atoms with Crippen LogP contribution in [0, 0.1) is 0 Å². The molecule has 1 heterocycles. The second kappa shape index (κ2) is 6.27. The van der Waals surface area contributed by atoms with Gasteiger partial charge < -0.3 is 19.3 Å². The maximum Gasteiger partial charge on any atom is 0.586 e. The summed E-state index contributed by atoms with van der Waals surface area (Å²) < 4.78 is 39.6. The first kappa shape index (κ1) is 16.5. The Morgan fingerprint density at radius 1 is 1.12 bits per heavy atom. The molecule has 0 saturated heterocycles. The Balaban J connectivity index is 1.77. The number of carboxylic acid groups (broad SMARTS) is 1. The number of aromatic carboxylic acids is 1. The highest BCUT2D eigenvalue weighted by molar-refractivity contribution is 6.02. The van der Waals surface area contributed by atoms with Gasteiger partial charge in [-0.3, -0.25) is 5.32 Å². The zero-order valence-corrected chi connectivity index (χ0v) is 12.5. The van der Waals surface area contributed by atoms with Gasteiger partial charge in [-0.15, -0.1) is 8.78 Å². The van der Waals surface area contributed by atoms with Crippen LogP contribution in [-0.2, 0) is 11.3 Å². The molecule has 2 aromatic carbocycles. The van der Waals surface area contributed by atoms with Gasteiger partial charge in [0, 0.05) is 0 Å². The van der Waals surface area contributed by atoms with E-state index in [2.05, 4.69) is 14.8 Å². The van der Waals surface area contributed by atoms with Crippen molar-refractivity contribution in [2.24, 2.45) is 0 Å². The number of anilines is 1. The van der Waals surface area contributed by atoms with Crippen molar-refractivity contribution < 1.29 is 37.7 Å². The fourth-order valence-electron chi connectivity index (χ4n) is 2.20. The number of alkyl halides is 2. The Hall–Kier alpha value is -3.36. The number of hydrogen-bond donors (Lipinski definition) is 2. The van der Waals surface area contributed by atoms with E-state index in [1.54, 1.807) is 30.3 Å². The summed E-state index contributed by atoms with van der Waals surface area (Å²) in [5.74, 6) is -2.68. The predicted molar refractivity (Wildman–Crippen MR) is 79.9 cm³/mol. The molecular weight excluding hydrogens is 340 g/mol. The first-order valence-electron chi connectivity index (χ1n) is 6.99. The number of hydrogen-bond acceptors (Lipinski definition) is 5. The summed E-state index contributed by atoms with van der Waals surface area (Å²) in [7, 11) is 0. The SMILES string of the molecule is O=C(Nc1ccc2c(c1C(=O)O)OC(F)(F)O2)OCc1ccccc1. The van der Waals surface area contributed by atoms with Crippen molar-refractivity contribution in [3.63, 3.8) is 0 Å². The fourth-order valence-corrected chi connectivity index (χ4v) is 2.20. The van der Waals surface area contributed by atoms with Crippen LogP contribution in [0.15, 0.2) is 42.5 Å². The van der Waals surface area contributed by atoms with Crippen molar-refractivity contribution in [1.82, 2.24) is 0 Å². The van der Waals surface area contributed by atoms with Gasteiger partial charge in [0.25, 0.3) is 0 Å². The molecular formula is C16H11F2NO6. The maximum absolute atomic E-state index is 13.1. The number of amides is 1. The van der Waals surface area contributed by atoms with Crippen LogP contribution in [0.2, 0.25) is 0 Å². The van der Waals surface area contributed by atoms with Gasteiger partial charge in [0.2, 0.25) is 0 Å². The fraction of sp³-hybridized carbons (Fsp3) is 0.125. The molecule has 0 aliphatic carbocycles. The van der Waals surface area contributed by atoms with E-state index in [0.29, 0.717) is 0 Å². The van der Waals surface area contributed by atoms with E-state index < -0.39 is 35.4 Å². The van der Waals surface area contributed by atoms with Gasteiger partial charge in [-0.05, 0) is 17.7 Å². The normalized spacial score (nSPS) is 14.0. The third-order valence-electron chi connectivity index (χ3n) is 3.23. The molecule has 25 heavy (non-hydrogen) atoms. The molecule has 2 aromatic rings. The van der Waals surface area contributed by atoms with Crippen molar-refractivity contribution >= 4 is 17.7 Å². The second-order valence-corrected chi connectivity index (χ2v) is 4.97. The van der Waals surface area contributed by atoms with Gasteiger partial charge in [-0.2, -0.15) is 0 Å². The van der Waals surface area contributed by atoms with E-state index in [1.807, 2.05) is 0 Å². The molecule has 1 aliphatic heterocycles. The van der Waals surface area contributed by atoms with E-state index in [0.717, 1.165) is 17.7 Å². The summed E-state index contributed by atoms with van der Waals surface area (Å²) in [5.41, 5.74) is -0.196. The highest BCUT2D eigenvalue weighted by atomic mass is 19.3. The van der Waals surface area contributed by atoms with Crippen LogP contribution >= 0.6 is 0 Å². The lowest BCUT2D eigenvalue weighted by Crippen LogP contribution is -2.26. The van der Waals surface area contributed by atoms with Crippen molar-refractivity contribution in [1.29, 1.82) is 0 Å². The molecule has 0 spiro atoms. The first-order chi connectivity index (χ1) is 11.9. The third-order valence-corrected chi connectivity index (χ3v) is 3.23. The topological polar surface area (TPSA) is 94.1 Å². The second-order valence-electron chi connectivity index (χ2n) is 4.97. The molecule has 0 bridgehead atoms. The highest BCUT2D eigenvalue weighted by Gasteiger charge is 2.46. The first-order valence-corrected chi connectivity index (χ1v) is 6.99. The van der Waals surface area contributed by atoms with Crippen LogP contribution in [0.3, 0.4) is 0 Å². The lowest BCUT2D eigenvalue weighted by Gasteiger charge is -2.11. The number of ether oxygens (including phenoxy) is 3. The zero-order chi connectivity index (χ0) is 18.0. The summed E-state index contributed by atoms with van der Waals surface area (Å²) in [6.07, 6.45) is -4.92. The number of carbonyl (C=O) groups excluding carboxylic acids is 1. The van der Waals surface area contributed by atoms with Crippen LogP contribution in [0.4, 0.5) is 19.3 Å². The standard InChI is InChI=1S/C16H11F2NO6/c17-16(18)24-11-7-6-10(12(14(20)21)13(11)25-16)19-15(22)23-8-9-4-2-1-3-5-9/h1-7H,8H2,(H,19,22)(H,20,21). The van der Waals surface area contributed by atoms with Crippen LogP contribution < -0.4 is 14.8 Å². The number of halogens is 2. The number of carbonyl (C=O) groups is 2. The van der Waals surface area contributed by atoms with E-state index in [-0.39, 0.29) is 12.3 Å². The molecule has 2 N–H and O–H groups in total. The van der Waals surface area contributed by atoms with Crippen molar-refractivity contribution in [3.8, 4) is 11.5 Å². The number of nitrogens with one attached hydrogen (secondary N) is 1. The van der Waals surface area contributed by atoms with Gasteiger partial charge in [0.1, 0.15) is 12.2 Å². The average Bonchev–Trinajstić information content (AvgIpc) is 2.87. The number of carboxylic acids is 1. The minimum atomic E-state index is -3.97. The summed E-state index contributed by atoms with van der Waals surface area (Å²) >= 11 is 0. The Kier molecular flexibility index (Phi) is 4.14. The molecule has 9 heteroatoms. The summed E-state index contributed by atoms with van der Waals surface area (Å²) in [6.45, 7) is -0.0439. The zero-order valence-electron chi connectivity index (χ0n) is 12.5. The van der Waals surface area contributed by atoms with E-state index in [4.69, 9.17) is 4.74 Å². The Labute approximate surface area is 139 Å². The summed E-state index contributed by atoms with van der Waals surface area (Å²) in [4.78, 5) is 23.2. The molecule has 7 nitrogen and oxygen atoms in total. The highest BCUT2D eigenvalue weighted by Crippen LogP contribution is 2.45. The Bertz CT molecular complexity index is 825. The number of benzene rings is 2. The van der Waals surface area contributed by atoms with Crippen LogP contribution in [-0.4, -0.2) is 23.5 Å². The Morgan fingerprint density at radius 2 is 1.84 bits per heavy atom. The van der Waals surface area contributed by atoms with Gasteiger partial charge in [0.05, 0.1) is 5.69 Å². The summed E-state index contributed by atoms with van der Waals surface area (Å²) in [5, 5.41) is 11.4. The average molecular weight is 351 g/mol. The van der Waals surface area contributed by atoms with Crippen molar-refractivity contribution in [3.05, 3.63) is 53.6 Å². The molecule has 0 atom stereocenters. The number of rotatable bonds is 4. The number of fused-ring (bicyclic) bond motifs is 1. The van der Waals surface area contributed by atoms with Gasteiger partial charge >= 0.3 is 18.4 Å². The molecule has 1 amide bonds. The van der Waals surface area contributed by atoms with Gasteiger partial charge in [-0.1, -0.05) is 30.3 Å². The van der Waals surface area contributed by atoms with E-state index in [1.165, 1.54) is 0 Å². The van der Waals surface area contributed by atoms with Crippen LogP contribution in [0.25, 0.3) is 0 Å². The van der Waals surface area contributed by atoms with E-state index >= 15 is 0 Å². The van der Waals surface area contributed by atoms with Gasteiger partial charge in [-0.25, -0.2) is 9.59 Å². The quantitative estimate of drug-likeness (QED) is 0.876. The molecule has 0 radical (unpaired) electrons. The molecule has 0 unspecified atom stereocenters. The Morgan fingerprint density at radius 3 is 2.52 bits per heavy atom. The summed E-state index contributed by atoms with van der Waals surface area (Å²) in [6, 6.07) is 11.0. The van der Waals surface area contributed by atoms with Crippen LogP contribution in [0.5, 0.6) is 11.5 Å². The van der Waals surface area contributed by atoms with Crippen molar-refractivity contribution in [2.75, 3.05) is 5.32 Å². The van der Waals surface area contributed by atoms with E-state index in [9.17, 15) is 23.5 Å². The molecule has 0 aromatic heterocycles. The molecule has 1 aliphatic rings. The van der Waals surface area contributed by atoms with Crippen LogP contribution in [0.1, 0.15) is 15.9 Å². The molecule has 0 fully saturated rings. The minimum absolute atomic E-state index is 0.0439. The molecule has 3 rings (SSSR count). The maximum atomic E-state index is 13.1. The molecule has 130 valence electrons. The lowest BCUT2D eigenvalue weighted by molar-refractivity contribution is -0.286. The minimum Gasteiger partial charge on any atom is -0.477 e. The monoisotopic (exact) mass is 351 g/mol.